The first-order chi connectivity index (χ1) is 13.0. The highest BCUT2D eigenvalue weighted by atomic mass is 79.9. The maximum absolute atomic E-state index is 12.2. The van der Waals surface area contributed by atoms with Crippen molar-refractivity contribution in [2.24, 2.45) is 0 Å². The first-order valence-corrected chi connectivity index (χ1v) is 9.91. The molecular weight excluding hydrogens is 430 g/mol. The van der Waals surface area contributed by atoms with Crippen LogP contribution in [0.1, 0.15) is 11.1 Å². The van der Waals surface area contributed by atoms with Crippen LogP contribution >= 0.6 is 27.7 Å². The number of thioether (sulfide) groups is 1. The van der Waals surface area contributed by atoms with Crippen LogP contribution in [-0.2, 0) is 11.3 Å². The highest BCUT2D eigenvalue weighted by Crippen LogP contribution is 2.24. The van der Waals surface area contributed by atoms with Gasteiger partial charge in [0.05, 0.1) is 25.1 Å². The second kappa shape index (κ2) is 9.01. The Morgan fingerprint density at radius 2 is 2.04 bits per heavy atom. The van der Waals surface area contributed by atoms with E-state index in [9.17, 15) is 4.79 Å². The Morgan fingerprint density at radius 3 is 2.74 bits per heavy atom. The Balaban J connectivity index is 1.58. The van der Waals surface area contributed by atoms with Gasteiger partial charge in [-0.1, -0.05) is 30.0 Å². The third-order valence-electron chi connectivity index (χ3n) is 3.72. The highest BCUT2D eigenvalue weighted by Gasteiger charge is 2.12. The minimum atomic E-state index is -0.122. The average molecular weight is 448 g/mol. The first kappa shape index (κ1) is 19.4. The van der Waals surface area contributed by atoms with Crippen molar-refractivity contribution in [1.82, 2.24) is 20.2 Å². The molecule has 1 amide bonds. The zero-order valence-corrected chi connectivity index (χ0v) is 17.2. The topological polar surface area (TPSA) is 81.9 Å². The summed E-state index contributed by atoms with van der Waals surface area (Å²) in [5, 5.41) is 15.2. The molecule has 0 saturated heterocycles. The molecule has 1 heterocycles. The van der Waals surface area contributed by atoms with Crippen LogP contribution in [0.3, 0.4) is 0 Å². The van der Waals surface area contributed by atoms with Crippen LogP contribution in [0.4, 0.5) is 5.69 Å². The monoisotopic (exact) mass is 447 g/mol. The van der Waals surface area contributed by atoms with E-state index in [0.29, 0.717) is 11.7 Å². The van der Waals surface area contributed by atoms with Gasteiger partial charge in [-0.3, -0.25) is 4.79 Å². The molecular formula is C18H18BrN5O2S. The third-order valence-corrected chi connectivity index (χ3v) is 5.33. The number of hydrogen-bond acceptors (Lipinski definition) is 6. The van der Waals surface area contributed by atoms with Crippen LogP contribution in [0, 0.1) is 6.92 Å². The predicted octanol–water partition coefficient (Wildman–Crippen LogP) is 3.53. The van der Waals surface area contributed by atoms with Gasteiger partial charge in [-0.05, 0) is 68.7 Å². The zero-order chi connectivity index (χ0) is 19.2. The number of anilines is 1. The number of ether oxygens (including phenoxy) is 1. The summed E-state index contributed by atoms with van der Waals surface area (Å²) in [7, 11) is 1.63. The van der Waals surface area contributed by atoms with E-state index in [0.717, 1.165) is 27.0 Å². The maximum Gasteiger partial charge on any atom is 0.234 e. The molecule has 0 saturated carbocycles. The van der Waals surface area contributed by atoms with E-state index in [1.807, 2.05) is 49.4 Å². The molecule has 0 spiro atoms. The fraction of sp³-hybridized carbons (Fsp3) is 0.222. The molecule has 9 heteroatoms. The van der Waals surface area contributed by atoms with Gasteiger partial charge in [0.15, 0.2) is 0 Å². The number of amides is 1. The Kier molecular flexibility index (Phi) is 6.46. The predicted molar refractivity (Wildman–Crippen MR) is 108 cm³/mol. The number of aryl methyl sites for hydroxylation is 1. The molecule has 0 aliphatic heterocycles. The number of nitrogens with zero attached hydrogens (tertiary/aromatic N) is 4. The standard InChI is InChI=1S/C18H18BrN5O2S/c1-12-3-8-16(15(19)9-12)20-17(25)11-27-18-21-22-23-24(18)10-13-4-6-14(26-2)7-5-13/h3-9H,10-11H2,1-2H3,(H,20,25). The number of halogens is 1. The Labute approximate surface area is 169 Å². The summed E-state index contributed by atoms with van der Waals surface area (Å²) >= 11 is 4.75. The average Bonchev–Trinajstić information content (AvgIpc) is 3.10. The quantitative estimate of drug-likeness (QED) is 0.557. The van der Waals surface area contributed by atoms with Crippen LogP contribution in [0.25, 0.3) is 0 Å². The van der Waals surface area contributed by atoms with E-state index in [2.05, 4.69) is 36.8 Å². The lowest BCUT2D eigenvalue weighted by Crippen LogP contribution is -2.15. The number of aromatic nitrogens is 4. The summed E-state index contributed by atoms with van der Waals surface area (Å²) in [5.74, 6) is 0.885. The fourth-order valence-electron chi connectivity index (χ4n) is 2.34. The molecule has 27 heavy (non-hydrogen) atoms. The van der Waals surface area contributed by atoms with E-state index >= 15 is 0 Å². The molecule has 1 N–H and O–H groups in total. The number of benzene rings is 2. The molecule has 0 fully saturated rings. The van der Waals surface area contributed by atoms with E-state index < -0.39 is 0 Å². The van der Waals surface area contributed by atoms with E-state index in [4.69, 9.17) is 4.74 Å². The van der Waals surface area contributed by atoms with Crippen molar-refractivity contribution in [1.29, 1.82) is 0 Å². The lowest BCUT2D eigenvalue weighted by atomic mass is 10.2. The van der Waals surface area contributed by atoms with Gasteiger partial charge in [0.1, 0.15) is 5.75 Å². The molecule has 0 bridgehead atoms. The van der Waals surface area contributed by atoms with Gasteiger partial charge < -0.3 is 10.1 Å². The Hall–Kier alpha value is -2.39. The van der Waals surface area contributed by atoms with Crippen molar-refractivity contribution in [2.75, 3.05) is 18.2 Å². The van der Waals surface area contributed by atoms with Gasteiger partial charge in [-0.15, -0.1) is 5.10 Å². The second-order valence-electron chi connectivity index (χ2n) is 5.79. The van der Waals surface area contributed by atoms with Crippen LogP contribution in [-0.4, -0.2) is 39.0 Å². The van der Waals surface area contributed by atoms with Gasteiger partial charge in [0.25, 0.3) is 0 Å². The van der Waals surface area contributed by atoms with Crippen molar-refractivity contribution >= 4 is 39.3 Å². The SMILES string of the molecule is COc1ccc(Cn2nnnc2SCC(=O)Nc2ccc(C)cc2Br)cc1. The molecule has 7 nitrogen and oxygen atoms in total. The van der Waals surface area contributed by atoms with Crippen LogP contribution < -0.4 is 10.1 Å². The number of rotatable bonds is 7. The summed E-state index contributed by atoms with van der Waals surface area (Å²) < 4.78 is 7.68. The number of nitrogens with one attached hydrogen (secondary N) is 1. The smallest absolute Gasteiger partial charge is 0.234 e. The number of methoxy groups -OCH3 is 1. The molecule has 0 radical (unpaired) electrons. The van der Waals surface area contributed by atoms with Crippen molar-refractivity contribution in [3.63, 3.8) is 0 Å². The Bertz CT molecular complexity index is 930. The van der Waals surface area contributed by atoms with Gasteiger partial charge in [0, 0.05) is 4.47 Å². The van der Waals surface area contributed by atoms with Crippen LogP contribution in [0.5, 0.6) is 5.75 Å². The largest absolute Gasteiger partial charge is 0.497 e. The summed E-state index contributed by atoms with van der Waals surface area (Å²) in [6, 6.07) is 13.5. The molecule has 0 atom stereocenters. The molecule has 0 aliphatic rings. The molecule has 2 aromatic carbocycles. The molecule has 0 aliphatic carbocycles. The Morgan fingerprint density at radius 1 is 1.26 bits per heavy atom. The minimum absolute atomic E-state index is 0.122. The van der Waals surface area contributed by atoms with Gasteiger partial charge >= 0.3 is 0 Å². The maximum atomic E-state index is 12.2. The molecule has 1 aromatic heterocycles. The number of carbonyl (C=O) groups is 1. The second-order valence-corrected chi connectivity index (χ2v) is 7.58. The molecule has 140 valence electrons. The van der Waals surface area contributed by atoms with E-state index in [-0.39, 0.29) is 11.7 Å². The summed E-state index contributed by atoms with van der Waals surface area (Å²) in [4.78, 5) is 12.2. The number of carbonyl (C=O) groups excluding carboxylic acids is 1. The number of hydrogen-bond donors (Lipinski definition) is 1. The molecule has 3 aromatic rings. The minimum Gasteiger partial charge on any atom is -0.497 e. The normalized spacial score (nSPS) is 10.6. The lowest BCUT2D eigenvalue weighted by molar-refractivity contribution is -0.113. The third kappa shape index (κ3) is 5.30. The summed E-state index contributed by atoms with van der Waals surface area (Å²) in [5.41, 5.74) is 2.90. The van der Waals surface area contributed by atoms with Crippen molar-refractivity contribution < 1.29 is 9.53 Å². The van der Waals surface area contributed by atoms with Crippen molar-refractivity contribution in [3.8, 4) is 5.75 Å². The fourth-order valence-corrected chi connectivity index (χ4v) is 3.61. The first-order valence-electron chi connectivity index (χ1n) is 8.13. The zero-order valence-electron chi connectivity index (χ0n) is 14.8. The number of tetrazole rings is 1. The van der Waals surface area contributed by atoms with Crippen molar-refractivity contribution in [2.45, 2.75) is 18.6 Å². The summed E-state index contributed by atoms with van der Waals surface area (Å²) in [6.45, 7) is 2.51. The highest BCUT2D eigenvalue weighted by molar-refractivity contribution is 9.10. The van der Waals surface area contributed by atoms with Gasteiger partial charge in [0.2, 0.25) is 11.1 Å². The molecule has 0 unspecified atom stereocenters. The van der Waals surface area contributed by atoms with Gasteiger partial charge in [-0.25, -0.2) is 4.68 Å². The summed E-state index contributed by atoms with van der Waals surface area (Å²) in [6.07, 6.45) is 0. The van der Waals surface area contributed by atoms with E-state index in [1.165, 1.54) is 11.8 Å². The van der Waals surface area contributed by atoms with Gasteiger partial charge in [-0.2, -0.15) is 0 Å². The van der Waals surface area contributed by atoms with Crippen molar-refractivity contribution in [3.05, 3.63) is 58.1 Å². The van der Waals surface area contributed by atoms with Crippen LogP contribution in [0.2, 0.25) is 0 Å². The van der Waals surface area contributed by atoms with Crippen LogP contribution in [0.15, 0.2) is 52.1 Å². The lowest BCUT2D eigenvalue weighted by Gasteiger charge is -2.08. The molecule has 3 rings (SSSR count). The van der Waals surface area contributed by atoms with E-state index in [1.54, 1.807) is 11.8 Å².